The van der Waals surface area contributed by atoms with Crippen LogP contribution in [0.25, 0.3) is 11.1 Å². The highest BCUT2D eigenvalue weighted by Gasteiger charge is 2.28. The maximum atomic E-state index is 11.3. The van der Waals surface area contributed by atoms with Crippen molar-refractivity contribution >= 4 is 23.3 Å². The zero-order chi connectivity index (χ0) is 18.4. The number of pyridine rings is 1. The van der Waals surface area contributed by atoms with Gasteiger partial charge in [-0.25, -0.2) is 0 Å². The Balaban J connectivity index is 2.29. The van der Waals surface area contributed by atoms with Gasteiger partial charge in [0, 0.05) is 43.7 Å². The fourth-order valence-electron chi connectivity index (χ4n) is 3.59. The molecule has 0 bridgehead atoms. The van der Waals surface area contributed by atoms with Gasteiger partial charge in [0.1, 0.15) is 0 Å². The average Bonchev–Trinajstić information content (AvgIpc) is 2.58. The van der Waals surface area contributed by atoms with Crippen molar-refractivity contribution in [3.63, 3.8) is 0 Å². The lowest BCUT2D eigenvalue weighted by Crippen LogP contribution is -2.44. The summed E-state index contributed by atoms with van der Waals surface area (Å²) >= 11 is 0. The van der Waals surface area contributed by atoms with E-state index in [0.717, 1.165) is 41.9 Å². The van der Waals surface area contributed by atoms with Gasteiger partial charge in [-0.2, -0.15) is 0 Å². The Bertz CT molecular complexity index is 693. The standard InChI is InChI=1S/C20H28N4O/c1-5-16(10-22-4)20-18(7-6-8-23-20)15(3)17-9-14(2)11-24(12-17)13-19(21)25/h5-8,10,14,17H,3,9,11-13H2,1-2,4H3,(H2,21,25)/b16-5-,22-10?/t14-,17+/m1/s1. The number of likely N-dealkylation sites (tertiary alicyclic amines) is 1. The molecule has 1 amide bonds. The van der Waals surface area contributed by atoms with Crippen molar-refractivity contribution < 1.29 is 4.79 Å². The molecular weight excluding hydrogens is 312 g/mol. The summed E-state index contributed by atoms with van der Waals surface area (Å²) < 4.78 is 0. The van der Waals surface area contributed by atoms with Crippen LogP contribution in [0.5, 0.6) is 0 Å². The number of primary amides is 1. The largest absolute Gasteiger partial charge is 0.369 e. The molecule has 1 aromatic heterocycles. The van der Waals surface area contributed by atoms with Crippen molar-refractivity contribution in [1.29, 1.82) is 0 Å². The van der Waals surface area contributed by atoms with Crippen molar-refractivity contribution in [3.8, 4) is 0 Å². The fourth-order valence-corrected chi connectivity index (χ4v) is 3.59. The highest BCUT2D eigenvalue weighted by molar-refractivity contribution is 6.10. The van der Waals surface area contributed by atoms with E-state index in [2.05, 4.69) is 34.4 Å². The maximum absolute atomic E-state index is 11.3. The molecule has 2 atom stereocenters. The van der Waals surface area contributed by atoms with Crippen LogP contribution in [0.1, 0.15) is 31.5 Å². The van der Waals surface area contributed by atoms with Gasteiger partial charge in [-0.05, 0) is 36.8 Å². The monoisotopic (exact) mass is 340 g/mol. The molecule has 0 aromatic carbocycles. The highest BCUT2D eigenvalue weighted by Crippen LogP contribution is 2.34. The van der Waals surface area contributed by atoms with E-state index in [1.165, 1.54) is 0 Å². The van der Waals surface area contributed by atoms with Crippen molar-refractivity contribution in [3.05, 3.63) is 42.2 Å². The van der Waals surface area contributed by atoms with E-state index >= 15 is 0 Å². The van der Waals surface area contributed by atoms with Crippen molar-refractivity contribution in [2.75, 3.05) is 26.7 Å². The predicted molar refractivity (Wildman–Crippen MR) is 104 cm³/mol. The van der Waals surface area contributed by atoms with Crippen molar-refractivity contribution in [1.82, 2.24) is 9.88 Å². The molecule has 0 spiro atoms. The van der Waals surface area contributed by atoms with Gasteiger partial charge in [-0.1, -0.05) is 25.6 Å². The molecule has 1 saturated heterocycles. The van der Waals surface area contributed by atoms with Crippen LogP contribution >= 0.6 is 0 Å². The minimum absolute atomic E-state index is 0.280. The first kappa shape index (κ1) is 19.1. The van der Waals surface area contributed by atoms with Crippen LogP contribution < -0.4 is 5.73 Å². The van der Waals surface area contributed by atoms with E-state index in [1.54, 1.807) is 13.2 Å². The summed E-state index contributed by atoms with van der Waals surface area (Å²) in [6.07, 6.45) is 6.68. The molecule has 0 aliphatic carbocycles. The summed E-state index contributed by atoms with van der Waals surface area (Å²) in [7, 11) is 1.76. The molecule has 1 aliphatic rings. The highest BCUT2D eigenvalue weighted by atomic mass is 16.1. The van der Waals surface area contributed by atoms with E-state index in [-0.39, 0.29) is 11.8 Å². The Kier molecular flexibility index (Phi) is 6.65. The normalized spacial score (nSPS) is 22.3. The lowest BCUT2D eigenvalue weighted by Gasteiger charge is -2.37. The van der Waals surface area contributed by atoms with Gasteiger partial charge < -0.3 is 5.73 Å². The molecule has 0 unspecified atom stereocenters. The Morgan fingerprint density at radius 2 is 2.28 bits per heavy atom. The number of hydrogen-bond donors (Lipinski definition) is 1. The van der Waals surface area contributed by atoms with Crippen LogP contribution in [0.2, 0.25) is 0 Å². The van der Waals surface area contributed by atoms with Crippen molar-refractivity contribution in [2.45, 2.75) is 20.3 Å². The van der Waals surface area contributed by atoms with Crippen LogP contribution in [-0.4, -0.2) is 48.7 Å². The number of carbonyl (C=O) groups is 1. The number of aromatic nitrogens is 1. The summed E-state index contributed by atoms with van der Waals surface area (Å²) in [6, 6.07) is 4.00. The van der Waals surface area contributed by atoms with E-state index in [9.17, 15) is 4.79 Å². The number of amides is 1. The van der Waals surface area contributed by atoms with Crippen LogP contribution in [-0.2, 0) is 4.79 Å². The second-order valence-corrected chi connectivity index (χ2v) is 6.75. The summed E-state index contributed by atoms with van der Waals surface area (Å²) in [6.45, 7) is 10.6. The molecule has 1 aromatic rings. The number of rotatable bonds is 6. The fraction of sp³-hybridized carbons (Fsp3) is 0.450. The van der Waals surface area contributed by atoms with Gasteiger partial charge in [0.2, 0.25) is 5.91 Å². The third-order valence-corrected chi connectivity index (χ3v) is 4.61. The SMILES string of the molecule is C=C(c1cccnc1/C(C=NC)=C\C)[C@H]1C[C@@H](C)CN(CC(N)=O)C1. The number of aliphatic imine (C=N–C) groups is 1. The Morgan fingerprint density at radius 1 is 1.52 bits per heavy atom. The summed E-state index contributed by atoms with van der Waals surface area (Å²) in [5.41, 5.74) is 9.38. The molecule has 134 valence electrons. The van der Waals surface area contributed by atoms with Crippen LogP contribution in [0.15, 0.2) is 36.0 Å². The van der Waals surface area contributed by atoms with Crippen LogP contribution in [0, 0.1) is 11.8 Å². The average molecular weight is 340 g/mol. The molecule has 5 heteroatoms. The molecule has 1 fully saturated rings. The summed E-state index contributed by atoms with van der Waals surface area (Å²) in [5, 5.41) is 0. The lowest BCUT2D eigenvalue weighted by molar-refractivity contribution is -0.119. The number of piperidine rings is 1. The molecule has 25 heavy (non-hydrogen) atoms. The number of nitrogens with two attached hydrogens (primary N) is 1. The number of allylic oxidation sites excluding steroid dienone is 2. The van der Waals surface area contributed by atoms with Gasteiger partial charge in [0.15, 0.2) is 0 Å². The molecule has 1 aliphatic heterocycles. The van der Waals surface area contributed by atoms with E-state index < -0.39 is 0 Å². The number of carbonyl (C=O) groups excluding carboxylic acids is 1. The van der Waals surface area contributed by atoms with E-state index in [4.69, 9.17) is 5.73 Å². The van der Waals surface area contributed by atoms with Gasteiger partial charge in [0.05, 0.1) is 12.2 Å². The number of hydrogen-bond acceptors (Lipinski definition) is 4. The predicted octanol–water partition coefficient (Wildman–Crippen LogP) is 2.64. The molecule has 2 rings (SSSR count). The number of nitrogens with zero attached hydrogens (tertiary/aromatic N) is 3. The molecule has 2 N–H and O–H groups in total. The van der Waals surface area contributed by atoms with Crippen LogP contribution in [0.3, 0.4) is 0 Å². The first-order valence-electron chi connectivity index (χ1n) is 8.69. The molecule has 5 nitrogen and oxygen atoms in total. The second kappa shape index (κ2) is 8.72. The molecule has 2 heterocycles. The smallest absolute Gasteiger partial charge is 0.231 e. The second-order valence-electron chi connectivity index (χ2n) is 6.75. The maximum Gasteiger partial charge on any atom is 0.231 e. The first-order valence-corrected chi connectivity index (χ1v) is 8.69. The van der Waals surface area contributed by atoms with E-state index in [1.807, 2.05) is 25.3 Å². The van der Waals surface area contributed by atoms with Crippen molar-refractivity contribution in [2.24, 2.45) is 22.6 Å². The van der Waals surface area contributed by atoms with Gasteiger partial charge in [-0.15, -0.1) is 0 Å². The molecule has 0 radical (unpaired) electrons. The minimum atomic E-state index is -0.282. The Hall–Kier alpha value is -2.27. The zero-order valence-electron chi connectivity index (χ0n) is 15.4. The quantitative estimate of drug-likeness (QED) is 0.809. The first-order chi connectivity index (χ1) is 12.0. The summed E-state index contributed by atoms with van der Waals surface area (Å²) in [4.78, 5) is 22.1. The molecular formula is C20H28N4O. The van der Waals surface area contributed by atoms with Crippen LogP contribution in [0.4, 0.5) is 0 Å². The third-order valence-electron chi connectivity index (χ3n) is 4.61. The van der Waals surface area contributed by atoms with E-state index in [0.29, 0.717) is 12.5 Å². The Morgan fingerprint density at radius 3 is 2.92 bits per heavy atom. The molecule has 0 saturated carbocycles. The Labute approximate surface area is 150 Å². The van der Waals surface area contributed by atoms with Gasteiger partial charge in [0.25, 0.3) is 0 Å². The third kappa shape index (κ3) is 4.86. The summed E-state index contributed by atoms with van der Waals surface area (Å²) in [5.74, 6) is 0.493. The van der Waals surface area contributed by atoms with Gasteiger partial charge >= 0.3 is 0 Å². The van der Waals surface area contributed by atoms with Gasteiger partial charge in [-0.3, -0.25) is 19.7 Å². The lowest BCUT2D eigenvalue weighted by atomic mass is 9.82. The topological polar surface area (TPSA) is 71.6 Å². The minimum Gasteiger partial charge on any atom is -0.369 e. The zero-order valence-corrected chi connectivity index (χ0v) is 15.4.